The average Bonchev–Trinajstić information content (AvgIpc) is 2.52. The number of nitrogens with zero attached hydrogens (tertiary/aromatic N) is 1. The summed E-state index contributed by atoms with van der Waals surface area (Å²) in [5.74, 6) is 1.48. The van der Waals surface area contributed by atoms with Crippen molar-refractivity contribution in [3.63, 3.8) is 0 Å². The Morgan fingerprint density at radius 1 is 1.33 bits per heavy atom. The first-order valence-corrected chi connectivity index (χ1v) is 7.87. The SMILES string of the molecule is CNCCC1CCN(C(=O)COc2ccc(Cl)cc2)CC1. The minimum absolute atomic E-state index is 0.0667. The van der Waals surface area contributed by atoms with Crippen LogP contribution >= 0.6 is 11.6 Å². The second-order valence-corrected chi connectivity index (χ2v) is 5.90. The van der Waals surface area contributed by atoms with Gasteiger partial charge in [0, 0.05) is 18.1 Å². The van der Waals surface area contributed by atoms with Crippen molar-refractivity contribution in [3.05, 3.63) is 29.3 Å². The monoisotopic (exact) mass is 310 g/mol. The Balaban J connectivity index is 1.71. The number of hydrogen-bond donors (Lipinski definition) is 1. The summed E-state index contributed by atoms with van der Waals surface area (Å²) in [6, 6.07) is 7.07. The van der Waals surface area contributed by atoms with Gasteiger partial charge in [0.05, 0.1) is 0 Å². The molecule has 21 heavy (non-hydrogen) atoms. The van der Waals surface area contributed by atoms with Crippen LogP contribution in [0.4, 0.5) is 0 Å². The van der Waals surface area contributed by atoms with Crippen LogP contribution in [0.3, 0.4) is 0 Å². The molecule has 0 bridgehead atoms. The van der Waals surface area contributed by atoms with Crippen LogP contribution < -0.4 is 10.1 Å². The molecule has 4 nitrogen and oxygen atoms in total. The quantitative estimate of drug-likeness (QED) is 0.878. The van der Waals surface area contributed by atoms with Gasteiger partial charge in [-0.25, -0.2) is 0 Å². The van der Waals surface area contributed by atoms with Crippen molar-refractivity contribution in [3.8, 4) is 5.75 Å². The summed E-state index contributed by atoms with van der Waals surface area (Å²) < 4.78 is 5.51. The molecule has 0 unspecified atom stereocenters. The van der Waals surface area contributed by atoms with Crippen molar-refractivity contribution in [1.82, 2.24) is 10.2 Å². The van der Waals surface area contributed by atoms with Crippen LogP contribution in [0.2, 0.25) is 5.02 Å². The zero-order valence-corrected chi connectivity index (χ0v) is 13.2. The van der Waals surface area contributed by atoms with Crippen molar-refractivity contribution < 1.29 is 9.53 Å². The van der Waals surface area contributed by atoms with Crippen molar-refractivity contribution in [2.24, 2.45) is 5.92 Å². The summed E-state index contributed by atoms with van der Waals surface area (Å²) in [4.78, 5) is 14.0. The van der Waals surface area contributed by atoms with E-state index in [-0.39, 0.29) is 12.5 Å². The van der Waals surface area contributed by atoms with Gasteiger partial charge in [0.25, 0.3) is 5.91 Å². The summed E-state index contributed by atoms with van der Waals surface area (Å²) >= 11 is 5.81. The van der Waals surface area contributed by atoms with Crippen molar-refractivity contribution in [2.75, 3.05) is 33.3 Å². The summed E-state index contributed by atoms with van der Waals surface area (Å²) in [6.45, 7) is 2.84. The maximum atomic E-state index is 12.1. The van der Waals surface area contributed by atoms with E-state index in [1.54, 1.807) is 24.3 Å². The standard InChI is InChI=1S/C16H23ClN2O2/c1-18-9-6-13-7-10-19(11-8-13)16(20)12-21-15-4-2-14(17)3-5-15/h2-5,13,18H,6-12H2,1H3. The van der Waals surface area contributed by atoms with Gasteiger partial charge in [-0.3, -0.25) is 4.79 Å². The molecule has 5 heteroatoms. The molecule has 1 amide bonds. The molecule has 2 rings (SSSR count). The van der Waals surface area contributed by atoms with Crippen LogP contribution in [0.5, 0.6) is 5.75 Å². The highest BCUT2D eigenvalue weighted by Gasteiger charge is 2.22. The van der Waals surface area contributed by atoms with E-state index >= 15 is 0 Å². The average molecular weight is 311 g/mol. The first kappa shape index (κ1) is 16.1. The molecule has 0 saturated carbocycles. The maximum Gasteiger partial charge on any atom is 0.260 e. The first-order valence-electron chi connectivity index (χ1n) is 7.50. The molecule has 1 saturated heterocycles. The predicted molar refractivity (Wildman–Crippen MR) is 84.8 cm³/mol. The Labute approximate surface area is 131 Å². The molecule has 1 N–H and O–H groups in total. The lowest BCUT2D eigenvalue weighted by molar-refractivity contribution is -0.134. The second kappa shape index (κ2) is 8.25. The van der Waals surface area contributed by atoms with Gasteiger partial charge in [0.2, 0.25) is 0 Å². The lowest BCUT2D eigenvalue weighted by Crippen LogP contribution is -2.41. The molecule has 0 atom stereocenters. The minimum atomic E-state index is 0.0667. The number of piperidine rings is 1. The molecule has 1 heterocycles. The second-order valence-electron chi connectivity index (χ2n) is 5.46. The van der Waals surface area contributed by atoms with Crippen molar-refractivity contribution >= 4 is 17.5 Å². The lowest BCUT2D eigenvalue weighted by atomic mass is 9.93. The minimum Gasteiger partial charge on any atom is -0.484 e. The van der Waals surface area contributed by atoms with E-state index in [2.05, 4.69) is 5.32 Å². The van der Waals surface area contributed by atoms with Crippen LogP contribution in [0, 0.1) is 5.92 Å². The van der Waals surface area contributed by atoms with Gasteiger partial charge in [-0.1, -0.05) is 11.6 Å². The molecule has 0 aromatic heterocycles. The molecule has 1 aliphatic rings. The number of carbonyl (C=O) groups excluding carboxylic acids is 1. The number of halogens is 1. The molecule has 0 radical (unpaired) electrons. The van der Waals surface area contributed by atoms with E-state index in [0.717, 1.165) is 38.4 Å². The molecule has 1 fully saturated rings. The Hall–Kier alpha value is -1.26. The van der Waals surface area contributed by atoms with Gasteiger partial charge in [0.1, 0.15) is 5.75 Å². The Kier molecular flexibility index (Phi) is 6.33. The molecular formula is C16H23ClN2O2. The third-order valence-electron chi connectivity index (χ3n) is 3.95. The van der Waals surface area contributed by atoms with E-state index in [9.17, 15) is 4.79 Å². The van der Waals surface area contributed by atoms with E-state index in [1.165, 1.54) is 6.42 Å². The number of hydrogen-bond acceptors (Lipinski definition) is 3. The zero-order valence-electron chi connectivity index (χ0n) is 12.5. The summed E-state index contributed by atoms with van der Waals surface area (Å²) in [6.07, 6.45) is 3.38. The number of benzene rings is 1. The number of rotatable bonds is 6. The number of likely N-dealkylation sites (tertiary alicyclic amines) is 1. The fourth-order valence-electron chi connectivity index (χ4n) is 2.59. The smallest absolute Gasteiger partial charge is 0.260 e. The van der Waals surface area contributed by atoms with Crippen molar-refractivity contribution in [2.45, 2.75) is 19.3 Å². The predicted octanol–water partition coefficient (Wildman–Crippen LogP) is 2.57. The van der Waals surface area contributed by atoms with Gasteiger partial charge < -0.3 is 15.0 Å². The fraction of sp³-hybridized carbons (Fsp3) is 0.562. The summed E-state index contributed by atoms with van der Waals surface area (Å²) in [7, 11) is 1.98. The van der Waals surface area contributed by atoms with E-state index < -0.39 is 0 Å². The van der Waals surface area contributed by atoms with Crippen LogP contribution in [0.25, 0.3) is 0 Å². The number of carbonyl (C=O) groups is 1. The van der Waals surface area contributed by atoms with Gasteiger partial charge in [-0.2, -0.15) is 0 Å². The molecule has 1 aromatic rings. The normalized spacial score (nSPS) is 16.0. The fourth-order valence-corrected chi connectivity index (χ4v) is 2.71. The van der Waals surface area contributed by atoms with Gasteiger partial charge in [0.15, 0.2) is 6.61 Å². The summed E-state index contributed by atoms with van der Waals surface area (Å²) in [5.41, 5.74) is 0. The molecular weight excluding hydrogens is 288 g/mol. The van der Waals surface area contributed by atoms with E-state index in [1.807, 2.05) is 11.9 Å². The maximum absolute atomic E-state index is 12.1. The number of nitrogens with one attached hydrogen (secondary N) is 1. The molecule has 1 aliphatic heterocycles. The van der Waals surface area contributed by atoms with Crippen molar-refractivity contribution in [1.29, 1.82) is 0 Å². The Morgan fingerprint density at radius 3 is 2.62 bits per heavy atom. The van der Waals surface area contributed by atoms with Gasteiger partial charge in [-0.15, -0.1) is 0 Å². The van der Waals surface area contributed by atoms with Crippen LogP contribution in [-0.4, -0.2) is 44.1 Å². The highest BCUT2D eigenvalue weighted by molar-refractivity contribution is 6.30. The van der Waals surface area contributed by atoms with E-state index in [0.29, 0.717) is 10.8 Å². The largest absolute Gasteiger partial charge is 0.484 e. The van der Waals surface area contributed by atoms with E-state index in [4.69, 9.17) is 16.3 Å². The number of ether oxygens (including phenoxy) is 1. The first-order chi connectivity index (χ1) is 10.2. The molecule has 0 aliphatic carbocycles. The van der Waals surface area contributed by atoms with Crippen LogP contribution in [-0.2, 0) is 4.79 Å². The third kappa shape index (κ3) is 5.21. The highest BCUT2D eigenvalue weighted by Crippen LogP contribution is 2.20. The van der Waals surface area contributed by atoms with Gasteiger partial charge >= 0.3 is 0 Å². The third-order valence-corrected chi connectivity index (χ3v) is 4.20. The molecule has 1 aromatic carbocycles. The highest BCUT2D eigenvalue weighted by atomic mass is 35.5. The number of amides is 1. The summed E-state index contributed by atoms with van der Waals surface area (Å²) in [5, 5.41) is 3.85. The molecule has 116 valence electrons. The Bertz CT molecular complexity index is 442. The molecule has 0 spiro atoms. The topological polar surface area (TPSA) is 41.6 Å². The lowest BCUT2D eigenvalue weighted by Gasteiger charge is -2.32. The van der Waals surface area contributed by atoms with Gasteiger partial charge in [-0.05, 0) is 63.0 Å². The van der Waals surface area contributed by atoms with Crippen LogP contribution in [0.1, 0.15) is 19.3 Å². The van der Waals surface area contributed by atoms with Crippen LogP contribution in [0.15, 0.2) is 24.3 Å². The Morgan fingerprint density at radius 2 is 2.00 bits per heavy atom. The zero-order chi connectivity index (χ0) is 15.1.